The third-order valence-electron chi connectivity index (χ3n) is 1.90. The maximum absolute atomic E-state index is 10.9. The van der Waals surface area contributed by atoms with Gasteiger partial charge in [0.05, 0.1) is 17.2 Å². The molecule has 0 saturated heterocycles. The second-order valence-electron chi connectivity index (χ2n) is 2.72. The maximum atomic E-state index is 10.9. The van der Waals surface area contributed by atoms with Gasteiger partial charge in [-0.2, -0.15) is 0 Å². The van der Waals surface area contributed by atoms with E-state index >= 15 is 0 Å². The number of rotatable bonds is 1. The van der Waals surface area contributed by atoms with Crippen LogP contribution in [0.5, 0.6) is 0 Å². The number of aromatic nitrogens is 3. The van der Waals surface area contributed by atoms with E-state index in [2.05, 4.69) is 9.97 Å². The first-order chi connectivity index (χ1) is 6.20. The van der Waals surface area contributed by atoms with Gasteiger partial charge in [0.2, 0.25) is 0 Å². The molecule has 5 heteroatoms. The molecule has 0 fully saturated rings. The van der Waals surface area contributed by atoms with Crippen LogP contribution in [0.3, 0.4) is 0 Å². The number of carbonyl (C=O) groups excluding carboxylic acids is 1. The summed E-state index contributed by atoms with van der Waals surface area (Å²) in [5.74, 6) is -0.276. The summed E-state index contributed by atoms with van der Waals surface area (Å²) in [7, 11) is 1.73. The van der Waals surface area contributed by atoms with E-state index in [0.29, 0.717) is 0 Å². The monoisotopic (exact) mass is 176 g/mol. The molecule has 0 aliphatic carbocycles. The van der Waals surface area contributed by atoms with E-state index in [1.165, 1.54) is 0 Å². The van der Waals surface area contributed by atoms with Crippen molar-refractivity contribution in [1.82, 2.24) is 14.5 Å². The molecular weight excluding hydrogens is 168 g/mol. The zero-order valence-electron chi connectivity index (χ0n) is 7.06. The van der Waals surface area contributed by atoms with Gasteiger partial charge in [-0.1, -0.05) is 0 Å². The van der Waals surface area contributed by atoms with Crippen LogP contribution in [0.2, 0.25) is 0 Å². The van der Waals surface area contributed by atoms with Crippen molar-refractivity contribution in [3.8, 4) is 0 Å². The smallest absolute Gasteiger partial charge is 0.284 e. The fourth-order valence-electron chi connectivity index (χ4n) is 1.26. The summed E-state index contributed by atoms with van der Waals surface area (Å²) in [6.45, 7) is 0. The van der Waals surface area contributed by atoms with Crippen molar-refractivity contribution in [2.45, 2.75) is 0 Å². The molecule has 0 unspecified atom stereocenters. The van der Waals surface area contributed by atoms with Crippen molar-refractivity contribution in [2.75, 3.05) is 0 Å². The summed E-state index contributed by atoms with van der Waals surface area (Å²) >= 11 is 0. The van der Waals surface area contributed by atoms with E-state index in [1.807, 2.05) is 0 Å². The standard InChI is InChI=1S/C8H8N4O/c1-12-6-4-10-3-2-5(6)11-8(12)7(9)13/h2-4H,1H3,(H2,9,13). The minimum absolute atomic E-state index is 0.253. The number of carbonyl (C=O) groups is 1. The summed E-state index contributed by atoms with van der Waals surface area (Å²) < 4.78 is 1.63. The third kappa shape index (κ3) is 1.05. The fraction of sp³-hybridized carbons (Fsp3) is 0.125. The Balaban J connectivity index is 2.81. The molecule has 13 heavy (non-hydrogen) atoms. The van der Waals surface area contributed by atoms with Crippen LogP contribution < -0.4 is 5.73 Å². The number of fused-ring (bicyclic) bond motifs is 1. The first kappa shape index (κ1) is 7.72. The second kappa shape index (κ2) is 2.55. The van der Waals surface area contributed by atoms with Gasteiger partial charge in [-0.3, -0.25) is 9.78 Å². The van der Waals surface area contributed by atoms with Crippen molar-refractivity contribution < 1.29 is 4.79 Å². The van der Waals surface area contributed by atoms with E-state index in [1.54, 1.807) is 30.1 Å². The Hall–Kier alpha value is -1.91. The molecule has 0 radical (unpaired) electrons. The Bertz CT molecular complexity index is 474. The number of nitrogens with zero attached hydrogens (tertiary/aromatic N) is 3. The van der Waals surface area contributed by atoms with Crippen molar-refractivity contribution in [2.24, 2.45) is 12.8 Å². The molecule has 0 spiro atoms. The molecule has 66 valence electrons. The van der Waals surface area contributed by atoms with E-state index in [-0.39, 0.29) is 5.82 Å². The van der Waals surface area contributed by atoms with E-state index in [9.17, 15) is 4.79 Å². The minimum atomic E-state index is -0.529. The van der Waals surface area contributed by atoms with Gasteiger partial charge in [-0.25, -0.2) is 4.98 Å². The first-order valence-electron chi connectivity index (χ1n) is 3.76. The van der Waals surface area contributed by atoms with Gasteiger partial charge in [0.25, 0.3) is 5.91 Å². The van der Waals surface area contributed by atoms with Gasteiger partial charge in [0, 0.05) is 13.2 Å². The van der Waals surface area contributed by atoms with Crippen molar-refractivity contribution in [3.63, 3.8) is 0 Å². The summed E-state index contributed by atoms with van der Waals surface area (Å²) in [4.78, 5) is 18.9. The predicted molar refractivity (Wildman–Crippen MR) is 47.0 cm³/mol. The highest BCUT2D eigenvalue weighted by Crippen LogP contribution is 2.11. The van der Waals surface area contributed by atoms with Crippen LogP contribution in [0, 0.1) is 0 Å². The SMILES string of the molecule is Cn1c(C(N)=O)nc2ccncc21. The Labute approximate surface area is 74.2 Å². The quantitative estimate of drug-likeness (QED) is 0.668. The molecule has 2 aromatic rings. The number of pyridine rings is 1. The Kier molecular flexibility index (Phi) is 1.51. The van der Waals surface area contributed by atoms with E-state index < -0.39 is 5.91 Å². The van der Waals surface area contributed by atoms with Gasteiger partial charge in [0.15, 0.2) is 5.82 Å². The summed E-state index contributed by atoms with van der Waals surface area (Å²) in [6, 6.07) is 1.74. The highest BCUT2D eigenvalue weighted by molar-refractivity contribution is 5.93. The molecule has 2 N–H and O–H groups in total. The van der Waals surface area contributed by atoms with Crippen LogP contribution in [0.25, 0.3) is 11.0 Å². The van der Waals surface area contributed by atoms with Gasteiger partial charge in [-0.05, 0) is 6.07 Å². The number of primary amides is 1. The molecule has 0 bridgehead atoms. The first-order valence-corrected chi connectivity index (χ1v) is 3.76. The van der Waals surface area contributed by atoms with Crippen LogP contribution >= 0.6 is 0 Å². The topological polar surface area (TPSA) is 73.8 Å². The summed E-state index contributed by atoms with van der Waals surface area (Å²) in [5, 5.41) is 0. The van der Waals surface area contributed by atoms with Gasteiger partial charge < -0.3 is 10.3 Å². The number of hydrogen-bond donors (Lipinski definition) is 1. The molecule has 2 heterocycles. The molecule has 0 aromatic carbocycles. The van der Waals surface area contributed by atoms with Crippen LogP contribution in [-0.2, 0) is 7.05 Å². The van der Waals surface area contributed by atoms with E-state index in [0.717, 1.165) is 11.0 Å². The third-order valence-corrected chi connectivity index (χ3v) is 1.90. The normalized spacial score (nSPS) is 10.5. The lowest BCUT2D eigenvalue weighted by molar-refractivity contribution is 0.0988. The molecule has 1 amide bonds. The largest absolute Gasteiger partial charge is 0.363 e. The molecule has 5 nitrogen and oxygen atoms in total. The number of amides is 1. The molecule has 0 aliphatic rings. The average molecular weight is 176 g/mol. The number of hydrogen-bond acceptors (Lipinski definition) is 3. The number of imidazole rings is 1. The predicted octanol–water partition coefficient (Wildman–Crippen LogP) is 0.0672. The van der Waals surface area contributed by atoms with Gasteiger partial charge in [-0.15, -0.1) is 0 Å². The van der Waals surface area contributed by atoms with E-state index in [4.69, 9.17) is 5.73 Å². The van der Waals surface area contributed by atoms with Crippen molar-refractivity contribution in [3.05, 3.63) is 24.3 Å². The lowest BCUT2D eigenvalue weighted by atomic mass is 10.4. The fourth-order valence-corrected chi connectivity index (χ4v) is 1.26. The van der Waals surface area contributed by atoms with Crippen molar-refractivity contribution in [1.29, 1.82) is 0 Å². The highest BCUT2D eigenvalue weighted by atomic mass is 16.1. The van der Waals surface area contributed by atoms with Crippen LogP contribution in [0.1, 0.15) is 10.6 Å². The molecule has 0 aliphatic heterocycles. The Morgan fingerprint density at radius 2 is 2.38 bits per heavy atom. The zero-order valence-corrected chi connectivity index (χ0v) is 7.06. The molecular formula is C8H8N4O. The summed E-state index contributed by atoms with van der Waals surface area (Å²) in [6.07, 6.45) is 3.27. The lowest BCUT2D eigenvalue weighted by Gasteiger charge is -1.95. The Morgan fingerprint density at radius 3 is 3.00 bits per heavy atom. The number of nitrogens with two attached hydrogens (primary N) is 1. The van der Waals surface area contributed by atoms with Gasteiger partial charge in [0.1, 0.15) is 0 Å². The molecule has 2 rings (SSSR count). The van der Waals surface area contributed by atoms with Crippen LogP contribution in [-0.4, -0.2) is 20.4 Å². The second-order valence-corrected chi connectivity index (χ2v) is 2.72. The Morgan fingerprint density at radius 1 is 1.62 bits per heavy atom. The molecule has 2 aromatic heterocycles. The van der Waals surface area contributed by atoms with Gasteiger partial charge >= 0.3 is 0 Å². The van der Waals surface area contributed by atoms with Crippen LogP contribution in [0.4, 0.5) is 0 Å². The highest BCUT2D eigenvalue weighted by Gasteiger charge is 2.11. The maximum Gasteiger partial charge on any atom is 0.284 e. The van der Waals surface area contributed by atoms with Crippen molar-refractivity contribution >= 4 is 16.9 Å². The average Bonchev–Trinajstić information content (AvgIpc) is 2.45. The lowest BCUT2D eigenvalue weighted by Crippen LogP contribution is -2.16. The number of aryl methyl sites for hydroxylation is 1. The molecule has 0 saturated carbocycles. The zero-order chi connectivity index (χ0) is 9.42. The summed E-state index contributed by atoms with van der Waals surface area (Å²) in [5.41, 5.74) is 6.67. The van der Waals surface area contributed by atoms with Crippen LogP contribution in [0.15, 0.2) is 18.5 Å². The minimum Gasteiger partial charge on any atom is -0.363 e. The molecule has 0 atom stereocenters.